The van der Waals surface area contributed by atoms with Crippen LogP contribution in [0, 0.1) is 0 Å². The molecule has 0 saturated carbocycles. The van der Waals surface area contributed by atoms with Gasteiger partial charge >= 0.3 is 0 Å². The van der Waals surface area contributed by atoms with Gasteiger partial charge in [-0.2, -0.15) is 0 Å². The quantitative estimate of drug-likeness (QED) is 0.502. The van der Waals surface area contributed by atoms with Crippen LogP contribution in [0.5, 0.6) is 11.5 Å². The first-order chi connectivity index (χ1) is 14.7. The molecule has 1 amide bonds. The molecule has 0 spiro atoms. The predicted molar refractivity (Wildman–Crippen MR) is 123 cm³/mol. The van der Waals surface area contributed by atoms with E-state index in [0.29, 0.717) is 31.0 Å². The number of nitrogens with zero attached hydrogens (tertiary/aromatic N) is 1. The van der Waals surface area contributed by atoms with Crippen LogP contribution in [0.25, 0.3) is 0 Å². The largest absolute Gasteiger partial charge is 0.497 e. The van der Waals surface area contributed by atoms with E-state index in [0.717, 1.165) is 11.3 Å². The second-order valence-corrected chi connectivity index (χ2v) is 9.43. The van der Waals surface area contributed by atoms with Gasteiger partial charge in [-0.1, -0.05) is 32.0 Å². The third-order valence-corrected chi connectivity index (χ3v) is 5.93. The second-order valence-electron chi connectivity index (χ2n) is 7.53. The Labute approximate surface area is 185 Å². The first-order valence-electron chi connectivity index (χ1n) is 10.3. The normalized spacial score (nSPS) is 11.3. The van der Waals surface area contributed by atoms with Crippen molar-refractivity contribution in [3.8, 4) is 11.5 Å². The fourth-order valence-electron chi connectivity index (χ4n) is 3.17. The standard InChI is InChI=1S/C23H32N2O5S/c1-18(2)21-8-5-6-9-22(21)25(31(4,27)28)16-7-10-23(26)24-15-17-30-20-13-11-19(29-3)12-14-20/h5-6,8-9,11-14,18H,7,10,15-17H2,1-4H3,(H,24,26). The lowest BCUT2D eigenvalue weighted by Crippen LogP contribution is -2.33. The Morgan fingerprint density at radius 3 is 2.32 bits per heavy atom. The average molecular weight is 449 g/mol. The monoisotopic (exact) mass is 448 g/mol. The van der Waals surface area contributed by atoms with Gasteiger partial charge < -0.3 is 14.8 Å². The third-order valence-electron chi connectivity index (χ3n) is 4.75. The second kappa shape index (κ2) is 11.6. The zero-order valence-corrected chi connectivity index (χ0v) is 19.4. The van der Waals surface area contributed by atoms with E-state index in [9.17, 15) is 13.2 Å². The van der Waals surface area contributed by atoms with Crippen molar-refractivity contribution in [1.29, 1.82) is 0 Å². The number of benzene rings is 2. The molecule has 0 bridgehead atoms. The lowest BCUT2D eigenvalue weighted by atomic mass is 10.0. The molecule has 170 valence electrons. The number of methoxy groups -OCH3 is 1. The van der Waals surface area contributed by atoms with Gasteiger partial charge in [0.05, 0.1) is 25.6 Å². The molecule has 0 aliphatic carbocycles. The molecular weight excluding hydrogens is 416 g/mol. The zero-order valence-electron chi connectivity index (χ0n) is 18.6. The van der Waals surface area contributed by atoms with Gasteiger partial charge in [0.1, 0.15) is 18.1 Å². The summed E-state index contributed by atoms with van der Waals surface area (Å²) in [6.45, 7) is 5.02. The van der Waals surface area contributed by atoms with Crippen LogP contribution in [0.4, 0.5) is 5.69 Å². The highest BCUT2D eigenvalue weighted by Crippen LogP contribution is 2.29. The van der Waals surface area contributed by atoms with Crippen LogP contribution < -0.4 is 19.1 Å². The Hall–Kier alpha value is -2.74. The molecule has 0 aliphatic heterocycles. The molecule has 2 rings (SSSR count). The Morgan fingerprint density at radius 2 is 1.71 bits per heavy atom. The number of nitrogens with one attached hydrogen (secondary N) is 1. The molecule has 2 aromatic rings. The van der Waals surface area contributed by atoms with E-state index >= 15 is 0 Å². The summed E-state index contributed by atoms with van der Waals surface area (Å²) in [5, 5.41) is 2.80. The number of carbonyl (C=O) groups is 1. The smallest absolute Gasteiger partial charge is 0.232 e. The fourth-order valence-corrected chi connectivity index (χ4v) is 4.15. The molecule has 8 heteroatoms. The van der Waals surface area contributed by atoms with E-state index in [2.05, 4.69) is 5.32 Å². The number of amides is 1. The van der Waals surface area contributed by atoms with E-state index < -0.39 is 10.0 Å². The summed E-state index contributed by atoms with van der Waals surface area (Å²) in [5.41, 5.74) is 1.64. The number of hydrogen-bond acceptors (Lipinski definition) is 5. The van der Waals surface area contributed by atoms with E-state index in [4.69, 9.17) is 9.47 Å². The minimum absolute atomic E-state index is 0.135. The van der Waals surface area contributed by atoms with Gasteiger partial charge in [-0.25, -0.2) is 8.42 Å². The van der Waals surface area contributed by atoms with E-state index in [-0.39, 0.29) is 24.8 Å². The van der Waals surface area contributed by atoms with Gasteiger partial charge in [0.15, 0.2) is 0 Å². The summed E-state index contributed by atoms with van der Waals surface area (Å²) in [6.07, 6.45) is 1.85. The van der Waals surface area contributed by atoms with Crippen LogP contribution >= 0.6 is 0 Å². The summed E-state index contributed by atoms with van der Waals surface area (Å²) < 4.78 is 36.8. The van der Waals surface area contributed by atoms with Crippen LogP contribution in [-0.2, 0) is 14.8 Å². The summed E-state index contributed by atoms with van der Waals surface area (Å²) >= 11 is 0. The number of carbonyl (C=O) groups excluding carboxylic acids is 1. The Balaban J connectivity index is 1.81. The van der Waals surface area contributed by atoms with Crippen molar-refractivity contribution in [2.75, 3.05) is 37.4 Å². The van der Waals surface area contributed by atoms with Gasteiger partial charge in [0, 0.05) is 13.0 Å². The van der Waals surface area contributed by atoms with Crippen molar-refractivity contribution in [3.05, 3.63) is 54.1 Å². The van der Waals surface area contributed by atoms with Crippen molar-refractivity contribution >= 4 is 21.6 Å². The first kappa shape index (κ1) is 24.5. The maximum absolute atomic E-state index is 12.4. The average Bonchev–Trinajstić information content (AvgIpc) is 2.74. The highest BCUT2D eigenvalue weighted by molar-refractivity contribution is 7.92. The van der Waals surface area contributed by atoms with Crippen molar-refractivity contribution in [2.45, 2.75) is 32.6 Å². The summed E-state index contributed by atoms with van der Waals surface area (Å²) in [7, 11) is -1.86. The molecular formula is C23H32N2O5S. The highest BCUT2D eigenvalue weighted by atomic mass is 32.2. The Morgan fingerprint density at radius 1 is 1.06 bits per heavy atom. The van der Waals surface area contributed by atoms with E-state index in [1.165, 1.54) is 10.6 Å². The molecule has 0 aliphatic rings. The van der Waals surface area contributed by atoms with Crippen LogP contribution in [-0.4, -0.2) is 47.4 Å². The Bertz CT molecular complexity index is 943. The minimum atomic E-state index is -3.46. The SMILES string of the molecule is COc1ccc(OCCNC(=O)CCCN(c2ccccc2C(C)C)S(C)(=O)=O)cc1. The number of hydrogen-bond donors (Lipinski definition) is 1. The van der Waals surface area contributed by atoms with Crippen LogP contribution in [0.3, 0.4) is 0 Å². The summed E-state index contributed by atoms with van der Waals surface area (Å²) in [4.78, 5) is 12.1. The molecule has 1 N–H and O–H groups in total. The summed E-state index contributed by atoms with van der Waals surface area (Å²) in [6, 6.07) is 14.7. The van der Waals surface area contributed by atoms with Gasteiger partial charge in [-0.15, -0.1) is 0 Å². The maximum Gasteiger partial charge on any atom is 0.232 e. The van der Waals surface area contributed by atoms with E-state index in [1.54, 1.807) is 31.4 Å². The maximum atomic E-state index is 12.4. The van der Waals surface area contributed by atoms with Crippen LogP contribution in [0.2, 0.25) is 0 Å². The molecule has 0 saturated heterocycles. The topological polar surface area (TPSA) is 84.9 Å². The number of anilines is 1. The minimum Gasteiger partial charge on any atom is -0.497 e. The molecule has 31 heavy (non-hydrogen) atoms. The fraction of sp³-hybridized carbons (Fsp3) is 0.435. The predicted octanol–water partition coefficient (Wildman–Crippen LogP) is 3.56. The number of ether oxygens (including phenoxy) is 2. The summed E-state index contributed by atoms with van der Waals surface area (Å²) in [5.74, 6) is 1.50. The molecule has 0 heterocycles. The Kier molecular flexibility index (Phi) is 9.18. The first-order valence-corrected chi connectivity index (χ1v) is 12.2. The number of rotatable bonds is 12. The molecule has 0 radical (unpaired) electrons. The highest BCUT2D eigenvalue weighted by Gasteiger charge is 2.21. The zero-order chi connectivity index (χ0) is 22.9. The molecule has 7 nitrogen and oxygen atoms in total. The van der Waals surface area contributed by atoms with Gasteiger partial charge in [0.2, 0.25) is 15.9 Å². The van der Waals surface area contributed by atoms with Crippen molar-refractivity contribution in [1.82, 2.24) is 5.32 Å². The van der Waals surface area contributed by atoms with Gasteiger partial charge in [-0.05, 0) is 48.2 Å². The number of sulfonamides is 1. The molecule has 0 aromatic heterocycles. The molecule has 2 aromatic carbocycles. The van der Waals surface area contributed by atoms with Gasteiger partial charge in [-0.3, -0.25) is 9.10 Å². The van der Waals surface area contributed by atoms with Gasteiger partial charge in [0.25, 0.3) is 0 Å². The van der Waals surface area contributed by atoms with Crippen molar-refractivity contribution < 1.29 is 22.7 Å². The third kappa shape index (κ3) is 7.79. The lowest BCUT2D eigenvalue weighted by molar-refractivity contribution is -0.121. The van der Waals surface area contributed by atoms with E-state index in [1.807, 2.05) is 38.1 Å². The van der Waals surface area contributed by atoms with Crippen LogP contribution in [0.15, 0.2) is 48.5 Å². The number of para-hydroxylation sites is 1. The molecule has 0 atom stereocenters. The lowest BCUT2D eigenvalue weighted by Gasteiger charge is -2.26. The van der Waals surface area contributed by atoms with Crippen molar-refractivity contribution in [2.24, 2.45) is 0 Å². The molecule has 0 unspecified atom stereocenters. The van der Waals surface area contributed by atoms with Crippen molar-refractivity contribution in [3.63, 3.8) is 0 Å². The molecule has 0 fully saturated rings. The van der Waals surface area contributed by atoms with Crippen LogP contribution in [0.1, 0.15) is 38.2 Å².